The van der Waals surface area contributed by atoms with E-state index in [1.165, 1.54) is 0 Å². The van der Waals surface area contributed by atoms with E-state index in [0.717, 1.165) is 35.9 Å². The zero-order chi connectivity index (χ0) is 19.3. The number of ether oxygens (including phenoxy) is 3. The molecule has 0 bridgehead atoms. The Kier molecular flexibility index (Phi) is 5.43. The zero-order valence-corrected chi connectivity index (χ0v) is 16.0. The van der Waals surface area contributed by atoms with E-state index in [9.17, 15) is 0 Å². The maximum atomic E-state index is 6.06. The third kappa shape index (κ3) is 4.09. The summed E-state index contributed by atoms with van der Waals surface area (Å²) in [6.07, 6.45) is -0.0391. The van der Waals surface area contributed by atoms with Crippen molar-refractivity contribution in [1.82, 2.24) is 15.0 Å². The second-order valence-corrected chi connectivity index (χ2v) is 6.57. The van der Waals surface area contributed by atoms with Crippen LogP contribution in [0, 0.1) is 0 Å². The Bertz CT molecular complexity index is 910. The average molecular weight is 381 g/mol. The van der Waals surface area contributed by atoms with Crippen LogP contribution in [0.4, 0.5) is 0 Å². The highest BCUT2D eigenvalue weighted by atomic mass is 16.6. The van der Waals surface area contributed by atoms with E-state index in [0.29, 0.717) is 24.9 Å². The van der Waals surface area contributed by atoms with Gasteiger partial charge in [0.2, 0.25) is 0 Å². The smallest absolute Gasteiger partial charge is 0.257 e. The SMILES string of the molecule is CCN(Cc1noc(-c2ccc(OC)cc2)n1)CC1COc2ccccc2O1. The first-order valence-electron chi connectivity index (χ1n) is 9.33. The van der Waals surface area contributed by atoms with Crippen LogP contribution in [-0.2, 0) is 6.54 Å². The number of methoxy groups -OCH3 is 1. The number of benzene rings is 2. The van der Waals surface area contributed by atoms with Gasteiger partial charge in [-0.15, -0.1) is 0 Å². The summed E-state index contributed by atoms with van der Waals surface area (Å²) >= 11 is 0. The predicted molar refractivity (Wildman–Crippen MR) is 104 cm³/mol. The Morgan fingerprint density at radius 2 is 1.89 bits per heavy atom. The summed E-state index contributed by atoms with van der Waals surface area (Å²) in [4.78, 5) is 6.73. The van der Waals surface area contributed by atoms with E-state index in [1.807, 2.05) is 48.5 Å². The molecule has 4 rings (SSSR count). The van der Waals surface area contributed by atoms with Crippen LogP contribution in [0.5, 0.6) is 17.2 Å². The molecule has 7 heteroatoms. The second-order valence-electron chi connectivity index (χ2n) is 6.57. The maximum absolute atomic E-state index is 6.06. The molecule has 2 heterocycles. The second kappa shape index (κ2) is 8.31. The highest BCUT2D eigenvalue weighted by Gasteiger charge is 2.23. The number of fused-ring (bicyclic) bond motifs is 1. The van der Waals surface area contributed by atoms with Crippen molar-refractivity contribution in [2.45, 2.75) is 19.6 Å². The number of hydrogen-bond donors (Lipinski definition) is 0. The Labute approximate surface area is 163 Å². The molecular formula is C21H23N3O4. The highest BCUT2D eigenvalue weighted by Crippen LogP contribution is 2.31. The van der Waals surface area contributed by atoms with Gasteiger partial charge in [-0.3, -0.25) is 4.90 Å². The molecule has 0 fully saturated rings. The molecule has 0 radical (unpaired) electrons. The third-order valence-electron chi connectivity index (χ3n) is 4.65. The van der Waals surface area contributed by atoms with E-state index in [4.69, 9.17) is 18.7 Å². The molecule has 1 atom stereocenters. The number of hydrogen-bond acceptors (Lipinski definition) is 7. The predicted octanol–water partition coefficient (Wildman–Crippen LogP) is 3.41. The van der Waals surface area contributed by atoms with Gasteiger partial charge in [-0.05, 0) is 42.9 Å². The number of aromatic nitrogens is 2. The Hall–Kier alpha value is -3.06. The number of nitrogens with zero attached hydrogens (tertiary/aromatic N) is 3. The topological polar surface area (TPSA) is 69.9 Å². The van der Waals surface area contributed by atoms with Crippen molar-refractivity contribution in [1.29, 1.82) is 0 Å². The molecule has 2 aromatic carbocycles. The molecule has 146 valence electrons. The molecule has 0 amide bonds. The van der Waals surface area contributed by atoms with E-state index < -0.39 is 0 Å². The summed E-state index contributed by atoms with van der Waals surface area (Å²) in [6.45, 7) is 4.77. The fraction of sp³-hybridized carbons (Fsp3) is 0.333. The molecular weight excluding hydrogens is 358 g/mol. The molecule has 0 saturated carbocycles. The molecule has 1 aliphatic heterocycles. The van der Waals surface area contributed by atoms with E-state index in [2.05, 4.69) is 22.0 Å². The van der Waals surface area contributed by atoms with Gasteiger partial charge in [-0.1, -0.05) is 24.2 Å². The number of rotatable bonds is 7. The fourth-order valence-electron chi connectivity index (χ4n) is 3.12. The lowest BCUT2D eigenvalue weighted by atomic mass is 10.2. The largest absolute Gasteiger partial charge is 0.497 e. The van der Waals surface area contributed by atoms with Crippen molar-refractivity contribution < 1.29 is 18.7 Å². The van der Waals surface area contributed by atoms with Crippen LogP contribution in [0.15, 0.2) is 53.1 Å². The van der Waals surface area contributed by atoms with Gasteiger partial charge in [0.25, 0.3) is 5.89 Å². The molecule has 1 aromatic heterocycles. The summed E-state index contributed by atoms with van der Waals surface area (Å²) in [6, 6.07) is 15.3. The summed E-state index contributed by atoms with van der Waals surface area (Å²) in [7, 11) is 1.64. The van der Waals surface area contributed by atoms with Crippen LogP contribution in [0.3, 0.4) is 0 Å². The zero-order valence-electron chi connectivity index (χ0n) is 16.0. The van der Waals surface area contributed by atoms with Gasteiger partial charge in [0.05, 0.1) is 13.7 Å². The third-order valence-corrected chi connectivity index (χ3v) is 4.65. The maximum Gasteiger partial charge on any atom is 0.257 e. The lowest BCUT2D eigenvalue weighted by molar-refractivity contribution is 0.0571. The summed E-state index contributed by atoms with van der Waals surface area (Å²) in [5.41, 5.74) is 0.864. The van der Waals surface area contributed by atoms with Gasteiger partial charge in [-0.25, -0.2) is 0 Å². The minimum Gasteiger partial charge on any atom is -0.497 e. The number of likely N-dealkylation sites (N-methyl/N-ethyl adjacent to an activating group) is 1. The van der Waals surface area contributed by atoms with Crippen molar-refractivity contribution in [3.63, 3.8) is 0 Å². The van der Waals surface area contributed by atoms with Crippen molar-refractivity contribution in [2.24, 2.45) is 0 Å². The van der Waals surface area contributed by atoms with Crippen molar-refractivity contribution in [3.05, 3.63) is 54.4 Å². The van der Waals surface area contributed by atoms with Crippen molar-refractivity contribution in [3.8, 4) is 28.7 Å². The van der Waals surface area contributed by atoms with Gasteiger partial charge in [-0.2, -0.15) is 4.98 Å². The van der Waals surface area contributed by atoms with Crippen LogP contribution >= 0.6 is 0 Å². The van der Waals surface area contributed by atoms with Gasteiger partial charge in [0, 0.05) is 12.1 Å². The first-order chi connectivity index (χ1) is 13.7. The highest BCUT2D eigenvalue weighted by molar-refractivity contribution is 5.54. The van der Waals surface area contributed by atoms with Crippen LogP contribution in [0.1, 0.15) is 12.7 Å². The molecule has 0 spiro atoms. The van der Waals surface area contributed by atoms with E-state index >= 15 is 0 Å². The monoisotopic (exact) mass is 381 g/mol. The van der Waals surface area contributed by atoms with Gasteiger partial charge >= 0.3 is 0 Å². The fourth-order valence-corrected chi connectivity index (χ4v) is 3.12. The normalized spacial score (nSPS) is 15.6. The molecule has 0 aliphatic carbocycles. The lowest BCUT2D eigenvalue weighted by Gasteiger charge is -2.30. The molecule has 7 nitrogen and oxygen atoms in total. The standard InChI is InChI=1S/C21H23N3O4/c1-3-24(12-17-14-26-18-6-4-5-7-19(18)27-17)13-20-22-21(28-23-20)15-8-10-16(25-2)11-9-15/h4-11,17H,3,12-14H2,1-2H3. The van der Waals surface area contributed by atoms with Gasteiger partial charge in [0.15, 0.2) is 17.3 Å². The first kappa shape index (κ1) is 18.3. The van der Waals surface area contributed by atoms with Crippen molar-refractivity contribution in [2.75, 3.05) is 26.8 Å². The Morgan fingerprint density at radius 3 is 2.64 bits per heavy atom. The summed E-state index contributed by atoms with van der Waals surface area (Å²) < 4.78 is 22.5. The number of para-hydroxylation sites is 2. The Morgan fingerprint density at radius 1 is 1.11 bits per heavy atom. The van der Waals surface area contributed by atoms with Gasteiger partial charge in [0.1, 0.15) is 18.5 Å². The molecule has 3 aromatic rings. The van der Waals surface area contributed by atoms with Gasteiger partial charge < -0.3 is 18.7 Å². The summed E-state index contributed by atoms with van der Waals surface area (Å²) in [5, 5.41) is 4.12. The van der Waals surface area contributed by atoms with Crippen LogP contribution in [0.25, 0.3) is 11.5 Å². The van der Waals surface area contributed by atoms with Crippen molar-refractivity contribution >= 4 is 0 Å². The molecule has 0 saturated heterocycles. The molecule has 1 aliphatic rings. The van der Waals surface area contributed by atoms with Crippen LogP contribution in [-0.4, -0.2) is 48.0 Å². The lowest BCUT2D eigenvalue weighted by Crippen LogP contribution is -2.40. The summed E-state index contributed by atoms with van der Waals surface area (Å²) in [5.74, 6) is 3.52. The average Bonchev–Trinajstić information content (AvgIpc) is 3.21. The van der Waals surface area contributed by atoms with E-state index in [-0.39, 0.29) is 6.10 Å². The Balaban J connectivity index is 1.38. The quantitative estimate of drug-likeness (QED) is 0.621. The molecule has 0 N–H and O–H groups in total. The minimum atomic E-state index is -0.0391. The van der Waals surface area contributed by atoms with Crippen LogP contribution < -0.4 is 14.2 Å². The van der Waals surface area contributed by atoms with E-state index in [1.54, 1.807) is 7.11 Å². The molecule has 28 heavy (non-hydrogen) atoms. The first-order valence-corrected chi connectivity index (χ1v) is 9.33. The minimum absolute atomic E-state index is 0.0391. The van der Waals surface area contributed by atoms with Crippen LogP contribution in [0.2, 0.25) is 0 Å². The molecule has 1 unspecified atom stereocenters.